The van der Waals surface area contributed by atoms with E-state index in [1.165, 1.54) is 7.11 Å². The lowest BCUT2D eigenvalue weighted by Gasteiger charge is -2.06. The molecule has 1 fully saturated rings. The predicted octanol–water partition coefficient (Wildman–Crippen LogP) is 2.24. The number of hydrogen-bond acceptors (Lipinski definition) is 2. The SMILES string of the molecule is COc1cc(F)c(CC2CC2C(=O)O)cc1F. The van der Waals surface area contributed by atoms with Gasteiger partial charge in [0.2, 0.25) is 0 Å². The highest BCUT2D eigenvalue weighted by Gasteiger charge is 2.43. The van der Waals surface area contributed by atoms with Gasteiger partial charge in [-0.1, -0.05) is 0 Å². The molecule has 5 heteroatoms. The molecule has 1 aromatic carbocycles. The van der Waals surface area contributed by atoms with Crippen molar-refractivity contribution in [1.82, 2.24) is 0 Å². The first-order chi connectivity index (χ1) is 8.02. The highest BCUT2D eigenvalue weighted by Crippen LogP contribution is 2.41. The van der Waals surface area contributed by atoms with Crippen LogP contribution in [0.2, 0.25) is 0 Å². The molecule has 0 bridgehead atoms. The normalized spacial score (nSPS) is 22.3. The van der Waals surface area contributed by atoms with E-state index in [1.807, 2.05) is 0 Å². The van der Waals surface area contributed by atoms with Gasteiger partial charge in [0.1, 0.15) is 5.82 Å². The molecule has 1 aromatic rings. The molecule has 1 aliphatic carbocycles. The minimum atomic E-state index is -0.871. The largest absolute Gasteiger partial charge is 0.494 e. The maximum absolute atomic E-state index is 13.5. The maximum Gasteiger partial charge on any atom is 0.306 e. The smallest absolute Gasteiger partial charge is 0.306 e. The number of hydrogen-bond donors (Lipinski definition) is 1. The number of aliphatic carboxylic acids is 1. The van der Waals surface area contributed by atoms with Crippen molar-refractivity contribution in [3.63, 3.8) is 0 Å². The van der Waals surface area contributed by atoms with Crippen LogP contribution >= 0.6 is 0 Å². The molecule has 0 radical (unpaired) electrons. The van der Waals surface area contributed by atoms with E-state index in [0.29, 0.717) is 6.42 Å². The number of carbonyl (C=O) groups is 1. The van der Waals surface area contributed by atoms with Gasteiger partial charge in [-0.25, -0.2) is 8.78 Å². The summed E-state index contributed by atoms with van der Waals surface area (Å²) >= 11 is 0. The van der Waals surface area contributed by atoms with Crippen LogP contribution in [0.1, 0.15) is 12.0 Å². The Bertz CT molecular complexity index is 459. The summed E-state index contributed by atoms with van der Waals surface area (Å²) < 4.78 is 31.5. The molecule has 1 N–H and O–H groups in total. The molecular formula is C12H12F2O3. The summed E-state index contributed by atoms with van der Waals surface area (Å²) in [7, 11) is 1.26. The number of carboxylic acid groups (broad SMARTS) is 1. The van der Waals surface area contributed by atoms with Crippen LogP contribution in [0, 0.1) is 23.5 Å². The van der Waals surface area contributed by atoms with Crippen LogP contribution < -0.4 is 4.74 Å². The van der Waals surface area contributed by atoms with E-state index in [0.717, 1.165) is 12.1 Å². The highest BCUT2D eigenvalue weighted by molar-refractivity contribution is 5.73. The molecule has 17 heavy (non-hydrogen) atoms. The topological polar surface area (TPSA) is 46.5 Å². The molecule has 1 aliphatic rings. The zero-order valence-electron chi connectivity index (χ0n) is 9.24. The summed E-state index contributed by atoms with van der Waals surface area (Å²) in [5, 5.41) is 8.72. The molecule has 3 nitrogen and oxygen atoms in total. The summed E-state index contributed by atoms with van der Waals surface area (Å²) in [5.74, 6) is -2.70. The molecule has 2 rings (SSSR count). The Morgan fingerprint density at radius 2 is 2.18 bits per heavy atom. The Morgan fingerprint density at radius 3 is 2.71 bits per heavy atom. The summed E-state index contributed by atoms with van der Waals surface area (Å²) in [6.45, 7) is 0. The number of methoxy groups -OCH3 is 1. The Balaban J connectivity index is 2.12. The number of benzene rings is 1. The van der Waals surface area contributed by atoms with Crippen LogP contribution in [0.3, 0.4) is 0 Å². The first kappa shape index (κ1) is 11.8. The van der Waals surface area contributed by atoms with Gasteiger partial charge in [0.05, 0.1) is 13.0 Å². The van der Waals surface area contributed by atoms with Gasteiger partial charge >= 0.3 is 5.97 Å². The summed E-state index contributed by atoms with van der Waals surface area (Å²) in [6, 6.07) is 2.06. The van der Waals surface area contributed by atoms with E-state index in [1.54, 1.807) is 0 Å². The average molecular weight is 242 g/mol. The van der Waals surface area contributed by atoms with E-state index in [9.17, 15) is 13.6 Å². The number of halogens is 2. The van der Waals surface area contributed by atoms with Crippen LogP contribution in [0.5, 0.6) is 5.75 Å². The molecule has 0 heterocycles. The van der Waals surface area contributed by atoms with Crippen molar-refractivity contribution < 1.29 is 23.4 Å². The lowest BCUT2D eigenvalue weighted by Crippen LogP contribution is -2.03. The summed E-state index contributed by atoms with van der Waals surface area (Å²) in [6.07, 6.45) is 0.784. The highest BCUT2D eigenvalue weighted by atomic mass is 19.1. The van der Waals surface area contributed by atoms with E-state index >= 15 is 0 Å². The zero-order chi connectivity index (χ0) is 12.6. The fraction of sp³-hybridized carbons (Fsp3) is 0.417. The monoisotopic (exact) mass is 242 g/mol. The third-order valence-corrected chi connectivity index (χ3v) is 3.04. The third kappa shape index (κ3) is 2.38. The van der Waals surface area contributed by atoms with Crippen molar-refractivity contribution in [3.05, 3.63) is 29.3 Å². The fourth-order valence-corrected chi connectivity index (χ4v) is 1.94. The minimum absolute atomic E-state index is 0.0882. The van der Waals surface area contributed by atoms with E-state index in [2.05, 4.69) is 4.74 Å². The molecule has 1 saturated carbocycles. The molecule has 2 unspecified atom stereocenters. The van der Waals surface area contributed by atoms with E-state index in [-0.39, 0.29) is 23.7 Å². The number of carboxylic acids is 1. The van der Waals surface area contributed by atoms with Crippen LogP contribution in [0.15, 0.2) is 12.1 Å². The van der Waals surface area contributed by atoms with Gasteiger partial charge < -0.3 is 9.84 Å². The molecule has 2 atom stereocenters. The first-order valence-electron chi connectivity index (χ1n) is 5.27. The Morgan fingerprint density at radius 1 is 1.47 bits per heavy atom. The van der Waals surface area contributed by atoms with Gasteiger partial charge in [0.25, 0.3) is 0 Å². The molecule has 0 aliphatic heterocycles. The van der Waals surface area contributed by atoms with Crippen molar-refractivity contribution in [3.8, 4) is 5.75 Å². The van der Waals surface area contributed by atoms with Crippen LogP contribution in [-0.2, 0) is 11.2 Å². The molecule has 92 valence electrons. The third-order valence-electron chi connectivity index (χ3n) is 3.04. The number of rotatable bonds is 4. The predicted molar refractivity (Wildman–Crippen MR) is 55.8 cm³/mol. The standard InChI is InChI=1S/C12H12F2O3/c1-17-11-5-9(13)7(4-10(11)14)2-6-3-8(6)12(15)16/h4-6,8H,2-3H2,1H3,(H,15,16). The fourth-order valence-electron chi connectivity index (χ4n) is 1.94. The van der Waals surface area contributed by atoms with Gasteiger partial charge in [-0.2, -0.15) is 0 Å². The lowest BCUT2D eigenvalue weighted by molar-refractivity contribution is -0.138. The quantitative estimate of drug-likeness (QED) is 0.880. The van der Waals surface area contributed by atoms with Gasteiger partial charge in [0.15, 0.2) is 11.6 Å². The van der Waals surface area contributed by atoms with Crippen molar-refractivity contribution in [2.45, 2.75) is 12.8 Å². The lowest BCUT2D eigenvalue weighted by atomic mass is 10.1. The van der Waals surface area contributed by atoms with E-state index in [4.69, 9.17) is 5.11 Å². The van der Waals surface area contributed by atoms with Crippen molar-refractivity contribution >= 4 is 5.97 Å². The second-order valence-electron chi connectivity index (χ2n) is 4.22. The van der Waals surface area contributed by atoms with Gasteiger partial charge in [0, 0.05) is 6.07 Å². The molecule has 0 spiro atoms. The summed E-state index contributed by atoms with van der Waals surface area (Å²) in [5.41, 5.74) is 0.206. The van der Waals surface area contributed by atoms with Crippen LogP contribution in [0.25, 0.3) is 0 Å². The molecule has 0 saturated heterocycles. The van der Waals surface area contributed by atoms with Crippen LogP contribution in [0.4, 0.5) is 8.78 Å². The van der Waals surface area contributed by atoms with Gasteiger partial charge in [-0.3, -0.25) is 4.79 Å². The second-order valence-corrected chi connectivity index (χ2v) is 4.22. The van der Waals surface area contributed by atoms with Crippen LogP contribution in [-0.4, -0.2) is 18.2 Å². The molecule has 0 amide bonds. The van der Waals surface area contributed by atoms with Gasteiger partial charge in [-0.05, 0) is 30.4 Å². The summed E-state index contributed by atoms with van der Waals surface area (Å²) in [4.78, 5) is 10.6. The number of ether oxygens (including phenoxy) is 1. The maximum atomic E-state index is 13.5. The Hall–Kier alpha value is -1.65. The van der Waals surface area contributed by atoms with Crippen molar-refractivity contribution in [2.24, 2.45) is 11.8 Å². The van der Waals surface area contributed by atoms with Crippen molar-refractivity contribution in [2.75, 3.05) is 7.11 Å². The first-order valence-corrected chi connectivity index (χ1v) is 5.27. The minimum Gasteiger partial charge on any atom is -0.494 e. The zero-order valence-corrected chi connectivity index (χ0v) is 9.24. The second kappa shape index (κ2) is 4.31. The van der Waals surface area contributed by atoms with Gasteiger partial charge in [-0.15, -0.1) is 0 Å². The molecular weight excluding hydrogens is 230 g/mol. The average Bonchev–Trinajstić information content (AvgIpc) is 3.02. The van der Waals surface area contributed by atoms with Crippen molar-refractivity contribution in [1.29, 1.82) is 0 Å². The Kier molecular flexibility index (Phi) is 3.00. The molecule has 0 aromatic heterocycles. The Labute approximate surface area is 97.0 Å². The van der Waals surface area contributed by atoms with E-state index < -0.39 is 23.5 Å².